The second kappa shape index (κ2) is 13.9. The summed E-state index contributed by atoms with van der Waals surface area (Å²) in [5.74, 6) is 1.28. The number of thioether (sulfide) groups is 2. The van der Waals surface area contributed by atoms with Crippen LogP contribution in [0.25, 0.3) is 0 Å². The van der Waals surface area contributed by atoms with Crippen molar-refractivity contribution < 1.29 is 4.79 Å². The molecule has 164 valence electrons. The Balaban J connectivity index is 2.16. The molecule has 1 amide bonds. The molecule has 5 heteroatoms. The smallest absolute Gasteiger partial charge is 0.241 e. The van der Waals surface area contributed by atoms with E-state index in [0.29, 0.717) is 4.58 Å². The van der Waals surface area contributed by atoms with E-state index in [1.807, 2.05) is 16.7 Å². The van der Waals surface area contributed by atoms with Crippen LogP contribution in [0.15, 0.2) is 18.2 Å². The van der Waals surface area contributed by atoms with Gasteiger partial charge in [-0.2, -0.15) is 0 Å². The Morgan fingerprint density at radius 2 is 1.86 bits per heavy atom. The number of alkyl halides is 1. The van der Waals surface area contributed by atoms with Gasteiger partial charge in [-0.05, 0) is 49.0 Å². The van der Waals surface area contributed by atoms with E-state index in [4.69, 9.17) is 11.6 Å². The Morgan fingerprint density at radius 1 is 1.14 bits per heavy atom. The maximum Gasteiger partial charge on any atom is 0.241 e. The number of aryl methyl sites for hydroxylation is 2. The molecule has 0 bridgehead atoms. The van der Waals surface area contributed by atoms with Gasteiger partial charge in [-0.25, -0.2) is 0 Å². The predicted molar refractivity (Wildman–Crippen MR) is 134 cm³/mol. The standard InChI is InChI=1S/C24H38ClNOS2/c1-4-7-8-9-14-21-15-11-16-28-23(29-21)18-26(22(27)17-25)24-19(5-2)12-10-13-20(24)6-3/h10,12-13,21,23H,4-9,11,14-18H2,1-3H3. The summed E-state index contributed by atoms with van der Waals surface area (Å²) >= 11 is 10.2. The summed E-state index contributed by atoms with van der Waals surface area (Å²) in [4.78, 5) is 14.9. The van der Waals surface area contributed by atoms with Gasteiger partial charge in [0.25, 0.3) is 0 Å². The minimum absolute atomic E-state index is 0.0345. The van der Waals surface area contributed by atoms with Crippen molar-refractivity contribution in [3.05, 3.63) is 29.3 Å². The predicted octanol–water partition coefficient (Wildman–Crippen LogP) is 7.31. The molecule has 1 fully saturated rings. The first kappa shape index (κ1) is 24.9. The van der Waals surface area contributed by atoms with Crippen LogP contribution in [0, 0.1) is 0 Å². The van der Waals surface area contributed by atoms with Crippen LogP contribution >= 0.6 is 35.1 Å². The van der Waals surface area contributed by atoms with E-state index in [-0.39, 0.29) is 11.8 Å². The SMILES string of the molecule is CCCCCCC1CCCSC(CN(C(=O)CCl)c2c(CC)cccc2CC)S1. The number of unbranched alkanes of at least 4 members (excludes halogenated alkanes) is 3. The van der Waals surface area contributed by atoms with Crippen LogP contribution in [0.3, 0.4) is 0 Å². The van der Waals surface area contributed by atoms with Crippen LogP contribution in [-0.4, -0.2) is 33.9 Å². The second-order valence-electron chi connectivity index (χ2n) is 7.82. The summed E-state index contributed by atoms with van der Waals surface area (Å²) in [6, 6.07) is 6.44. The summed E-state index contributed by atoms with van der Waals surface area (Å²) in [6.45, 7) is 7.37. The molecule has 1 aromatic carbocycles. The fraction of sp³-hybridized carbons (Fsp3) is 0.708. The number of amides is 1. The molecule has 2 atom stereocenters. The van der Waals surface area contributed by atoms with Crippen LogP contribution < -0.4 is 4.90 Å². The zero-order valence-corrected chi connectivity index (χ0v) is 20.8. The minimum atomic E-state index is 0.0345. The summed E-state index contributed by atoms with van der Waals surface area (Å²) in [5.41, 5.74) is 3.62. The Labute approximate surface area is 191 Å². The number of nitrogens with zero attached hydrogens (tertiary/aromatic N) is 1. The first-order valence-electron chi connectivity index (χ1n) is 11.4. The minimum Gasteiger partial charge on any atom is -0.309 e. The van der Waals surface area contributed by atoms with E-state index < -0.39 is 0 Å². The van der Waals surface area contributed by atoms with Gasteiger partial charge in [-0.3, -0.25) is 4.79 Å². The van der Waals surface area contributed by atoms with Gasteiger partial charge >= 0.3 is 0 Å². The Morgan fingerprint density at radius 3 is 2.48 bits per heavy atom. The van der Waals surface area contributed by atoms with Gasteiger partial charge in [-0.1, -0.05) is 64.7 Å². The lowest BCUT2D eigenvalue weighted by atomic mass is 10.0. The zero-order chi connectivity index (χ0) is 21.1. The molecule has 1 saturated heterocycles. The number of para-hydroxylation sites is 1. The van der Waals surface area contributed by atoms with Crippen LogP contribution in [0.1, 0.15) is 76.8 Å². The van der Waals surface area contributed by atoms with Crippen LogP contribution in [0.4, 0.5) is 5.69 Å². The summed E-state index contributed by atoms with van der Waals surface area (Å²) in [6.07, 6.45) is 11.1. The van der Waals surface area contributed by atoms with Gasteiger partial charge in [0.1, 0.15) is 5.88 Å². The van der Waals surface area contributed by atoms with Crippen molar-refractivity contribution in [3.63, 3.8) is 0 Å². The summed E-state index contributed by atoms with van der Waals surface area (Å²) < 4.78 is 0.426. The third-order valence-corrected chi connectivity index (χ3v) is 9.00. The van der Waals surface area contributed by atoms with Crippen molar-refractivity contribution in [3.8, 4) is 0 Å². The van der Waals surface area contributed by atoms with E-state index in [2.05, 4.69) is 50.7 Å². The normalized spacial score (nSPS) is 19.7. The highest BCUT2D eigenvalue weighted by molar-refractivity contribution is 8.17. The van der Waals surface area contributed by atoms with Crippen LogP contribution in [0.2, 0.25) is 0 Å². The monoisotopic (exact) mass is 455 g/mol. The lowest BCUT2D eigenvalue weighted by molar-refractivity contribution is -0.116. The van der Waals surface area contributed by atoms with E-state index >= 15 is 0 Å². The molecule has 1 aliphatic rings. The summed E-state index contributed by atoms with van der Waals surface area (Å²) in [7, 11) is 0. The molecule has 2 rings (SSSR count). The molecule has 1 aromatic rings. The highest BCUT2D eigenvalue weighted by atomic mass is 35.5. The van der Waals surface area contributed by atoms with E-state index in [9.17, 15) is 4.79 Å². The fourth-order valence-corrected chi connectivity index (χ4v) is 7.39. The number of rotatable bonds is 11. The van der Waals surface area contributed by atoms with E-state index in [0.717, 1.165) is 30.3 Å². The third kappa shape index (κ3) is 7.70. The van der Waals surface area contributed by atoms with Gasteiger partial charge in [0.2, 0.25) is 5.91 Å². The van der Waals surface area contributed by atoms with Gasteiger partial charge < -0.3 is 4.90 Å². The van der Waals surface area contributed by atoms with Crippen molar-refractivity contribution in [2.75, 3.05) is 23.1 Å². The molecule has 0 saturated carbocycles. The average Bonchev–Trinajstić information content (AvgIpc) is 2.99. The lowest BCUT2D eigenvalue weighted by Gasteiger charge is -2.31. The molecular formula is C24H38ClNOS2. The molecule has 0 aromatic heterocycles. The van der Waals surface area contributed by atoms with Crippen molar-refractivity contribution in [2.45, 2.75) is 88.4 Å². The van der Waals surface area contributed by atoms with Crippen LogP contribution in [-0.2, 0) is 17.6 Å². The van der Waals surface area contributed by atoms with Gasteiger partial charge in [0.15, 0.2) is 0 Å². The number of carbonyl (C=O) groups excluding carboxylic acids is 1. The number of halogens is 1. The molecular weight excluding hydrogens is 418 g/mol. The van der Waals surface area contributed by atoms with Gasteiger partial charge in [0.05, 0.1) is 10.3 Å². The largest absolute Gasteiger partial charge is 0.309 e. The quantitative estimate of drug-likeness (QED) is 0.257. The van der Waals surface area contributed by atoms with Crippen molar-refractivity contribution in [1.82, 2.24) is 0 Å². The topological polar surface area (TPSA) is 20.3 Å². The average molecular weight is 456 g/mol. The van der Waals surface area contributed by atoms with E-state index in [1.165, 1.54) is 61.8 Å². The molecule has 0 spiro atoms. The number of hydrogen-bond acceptors (Lipinski definition) is 3. The lowest BCUT2D eigenvalue weighted by Crippen LogP contribution is -2.38. The van der Waals surface area contributed by atoms with Crippen LogP contribution in [0.5, 0.6) is 0 Å². The Bertz CT molecular complexity index is 603. The molecule has 0 radical (unpaired) electrons. The van der Waals surface area contributed by atoms with Gasteiger partial charge in [-0.15, -0.1) is 35.1 Å². The number of hydrogen-bond donors (Lipinski definition) is 0. The van der Waals surface area contributed by atoms with Crippen molar-refractivity contribution in [2.24, 2.45) is 0 Å². The third-order valence-electron chi connectivity index (χ3n) is 5.68. The number of anilines is 1. The zero-order valence-electron chi connectivity index (χ0n) is 18.4. The molecule has 2 nitrogen and oxygen atoms in total. The van der Waals surface area contributed by atoms with Crippen molar-refractivity contribution >= 4 is 46.7 Å². The molecule has 1 heterocycles. The highest BCUT2D eigenvalue weighted by Gasteiger charge is 2.27. The van der Waals surface area contributed by atoms with E-state index in [1.54, 1.807) is 0 Å². The first-order chi connectivity index (χ1) is 14.1. The summed E-state index contributed by atoms with van der Waals surface area (Å²) in [5, 5.41) is 0.729. The molecule has 0 N–H and O–H groups in total. The molecule has 29 heavy (non-hydrogen) atoms. The number of benzene rings is 1. The molecule has 2 unspecified atom stereocenters. The number of carbonyl (C=O) groups is 1. The Hall–Kier alpha value is -0.320. The fourth-order valence-electron chi connectivity index (χ4n) is 4.06. The van der Waals surface area contributed by atoms with Crippen molar-refractivity contribution in [1.29, 1.82) is 0 Å². The maximum atomic E-state index is 12.9. The highest BCUT2D eigenvalue weighted by Crippen LogP contribution is 2.39. The molecule has 1 aliphatic heterocycles. The maximum absolute atomic E-state index is 12.9. The van der Waals surface area contributed by atoms with Gasteiger partial charge in [0, 0.05) is 11.8 Å². The second-order valence-corrected chi connectivity index (χ2v) is 11.2. The Kier molecular flexibility index (Phi) is 11.9. The molecule has 0 aliphatic carbocycles. The first-order valence-corrected chi connectivity index (χ1v) is 13.9.